The van der Waals surface area contributed by atoms with Crippen molar-refractivity contribution in [1.29, 1.82) is 0 Å². The zero-order valence-corrected chi connectivity index (χ0v) is 21.4. The molecule has 0 aromatic heterocycles. The van der Waals surface area contributed by atoms with Gasteiger partial charge in [0.15, 0.2) is 11.5 Å². The minimum Gasteiger partial charge on any atom is -0.493 e. The van der Waals surface area contributed by atoms with Gasteiger partial charge in [-0.15, -0.1) is 0 Å². The molecule has 35 heavy (non-hydrogen) atoms. The van der Waals surface area contributed by atoms with Gasteiger partial charge in [-0.1, -0.05) is 29.8 Å². The predicted octanol–water partition coefficient (Wildman–Crippen LogP) is 4.32. The van der Waals surface area contributed by atoms with E-state index in [-0.39, 0.29) is 10.6 Å². The number of methoxy groups -OCH3 is 2. The summed E-state index contributed by atoms with van der Waals surface area (Å²) < 4.78 is 38.9. The van der Waals surface area contributed by atoms with Gasteiger partial charge in [0.25, 0.3) is 15.9 Å². The Kier molecular flexibility index (Phi) is 8.37. The maximum Gasteiger partial charge on any atom is 0.264 e. The van der Waals surface area contributed by atoms with Crippen LogP contribution in [0.15, 0.2) is 70.7 Å². The van der Waals surface area contributed by atoms with Gasteiger partial charge in [0.2, 0.25) is 0 Å². The van der Waals surface area contributed by atoms with Crippen LogP contribution in [0.1, 0.15) is 16.7 Å². The van der Waals surface area contributed by atoms with Gasteiger partial charge in [0.05, 0.1) is 31.0 Å². The van der Waals surface area contributed by atoms with Crippen molar-refractivity contribution in [3.8, 4) is 11.5 Å². The van der Waals surface area contributed by atoms with Gasteiger partial charge in [-0.2, -0.15) is 5.10 Å². The number of anilines is 1. The van der Waals surface area contributed by atoms with E-state index in [1.54, 1.807) is 36.4 Å². The molecule has 1 amide bonds. The molecule has 3 rings (SSSR count). The first-order valence-corrected chi connectivity index (χ1v) is 12.4. The summed E-state index contributed by atoms with van der Waals surface area (Å²) in [5.74, 6) is 0.0306. The van der Waals surface area contributed by atoms with Crippen molar-refractivity contribution in [2.24, 2.45) is 5.10 Å². The van der Waals surface area contributed by atoms with Gasteiger partial charge in [-0.3, -0.25) is 9.10 Å². The van der Waals surface area contributed by atoms with Gasteiger partial charge in [-0.25, -0.2) is 13.8 Å². The minimum atomic E-state index is -4.15. The molecule has 0 fully saturated rings. The monoisotopic (exact) mass is 515 g/mol. The smallest absolute Gasteiger partial charge is 0.264 e. The summed E-state index contributed by atoms with van der Waals surface area (Å²) >= 11 is 5.87. The van der Waals surface area contributed by atoms with Crippen molar-refractivity contribution in [3.63, 3.8) is 0 Å². The average Bonchev–Trinajstić information content (AvgIpc) is 2.82. The molecule has 1 N–H and O–H groups in total. The van der Waals surface area contributed by atoms with E-state index in [4.69, 9.17) is 21.1 Å². The van der Waals surface area contributed by atoms with E-state index < -0.39 is 22.5 Å². The van der Waals surface area contributed by atoms with Crippen LogP contribution in [0.3, 0.4) is 0 Å². The molecule has 0 aliphatic heterocycles. The Labute approximate surface area is 210 Å². The molecule has 0 saturated carbocycles. The van der Waals surface area contributed by atoms with E-state index in [9.17, 15) is 13.2 Å². The van der Waals surface area contributed by atoms with Crippen LogP contribution in [-0.2, 0) is 14.8 Å². The van der Waals surface area contributed by atoms with Crippen molar-refractivity contribution >= 4 is 39.4 Å². The van der Waals surface area contributed by atoms with Crippen LogP contribution in [0.25, 0.3) is 0 Å². The number of carbonyl (C=O) groups is 1. The largest absolute Gasteiger partial charge is 0.493 e. The van der Waals surface area contributed by atoms with Crippen LogP contribution in [0.4, 0.5) is 5.69 Å². The molecule has 8 nitrogen and oxygen atoms in total. The lowest BCUT2D eigenvalue weighted by Gasteiger charge is -2.25. The fourth-order valence-electron chi connectivity index (χ4n) is 3.41. The summed E-state index contributed by atoms with van der Waals surface area (Å²) in [6, 6.07) is 16.5. The van der Waals surface area contributed by atoms with Crippen molar-refractivity contribution < 1.29 is 22.7 Å². The van der Waals surface area contributed by atoms with E-state index in [0.717, 1.165) is 21.0 Å². The van der Waals surface area contributed by atoms with Gasteiger partial charge in [0, 0.05) is 11.1 Å². The molecular formula is C25H26ClN3O5S. The van der Waals surface area contributed by atoms with E-state index in [1.165, 1.54) is 38.6 Å². The zero-order chi connectivity index (χ0) is 25.6. The highest BCUT2D eigenvalue weighted by atomic mass is 35.5. The Morgan fingerprint density at radius 3 is 2.20 bits per heavy atom. The molecule has 0 unspecified atom stereocenters. The highest BCUT2D eigenvalue weighted by molar-refractivity contribution is 7.92. The molecular weight excluding hydrogens is 490 g/mol. The van der Waals surface area contributed by atoms with Crippen molar-refractivity contribution in [3.05, 3.63) is 82.4 Å². The molecule has 0 bridgehead atoms. The van der Waals surface area contributed by atoms with E-state index in [2.05, 4.69) is 10.5 Å². The number of carbonyl (C=O) groups excluding carboxylic acids is 1. The minimum absolute atomic E-state index is 0.0493. The molecule has 0 heterocycles. The SMILES string of the molecule is COc1ccc(S(=O)(=O)N(CC(=O)N/N=C\c2ccc(Cl)cc2)c2cc(C)cc(C)c2)cc1OC. The van der Waals surface area contributed by atoms with Crippen LogP contribution < -0.4 is 19.2 Å². The maximum atomic E-state index is 13.7. The lowest BCUT2D eigenvalue weighted by molar-refractivity contribution is -0.119. The molecule has 3 aromatic carbocycles. The van der Waals surface area contributed by atoms with E-state index in [0.29, 0.717) is 16.5 Å². The first kappa shape index (κ1) is 26.1. The number of hydrogen-bond acceptors (Lipinski definition) is 6. The number of sulfonamides is 1. The van der Waals surface area contributed by atoms with Gasteiger partial charge >= 0.3 is 0 Å². The van der Waals surface area contributed by atoms with E-state index >= 15 is 0 Å². The van der Waals surface area contributed by atoms with Gasteiger partial charge < -0.3 is 9.47 Å². The second-order valence-electron chi connectivity index (χ2n) is 7.72. The van der Waals surface area contributed by atoms with Crippen molar-refractivity contribution in [1.82, 2.24) is 5.43 Å². The molecule has 0 spiro atoms. The molecule has 3 aromatic rings. The van der Waals surface area contributed by atoms with E-state index in [1.807, 2.05) is 19.9 Å². The number of nitrogens with zero attached hydrogens (tertiary/aromatic N) is 2. The lowest BCUT2D eigenvalue weighted by Crippen LogP contribution is -2.39. The Morgan fingerprint density at radius 1 is 0.971 bits per heavy atom. The summed E-state index contributed by atoms with van der Waals surface area (Å²) in [6.07, 6.45) is 1.44. The highest BCUT2D eigenvalue weighted by Gasteiger charge is 2.28. The Bertz CT molecular complexity index is 1320. The van der Waals surface area contributed by atoms with Crippen LogP contribution in [0.5, 0.6) is 11.5 Å². The first-order valence-electron chi connectivity index (χ1n) is 10.5. The number of rotatable bonds is 9. The summed E-state index contributed by atoms with van der Waals surface area (Å²) in [5, 5.41) is 4.51. The predicted molar refractivity (Wildman–Crippen MR) is 137 cm³/mol. The topological polar surface area (TPSA) is 97.3 Å². The number of hydrogen-bond donors (Lipinski definition) is 1. The molecule has 0 aliphatic rings. The highest BCUT2D eigenvalue weighted by Crippen LogP contribution is 2.32. The summed E-state index contributed by atoms with van der Waals surface area (Å²) in [5.41, 5.74) is 5.17. The van der Waals surface area contributed by atoms with Crippen molar-refractivity contribution in [2.45, 2.75) is 18.7 Å². The zero-order valence-electron chi connectivity index (χ0n) is 19.8. The number of benzene rings is 3. The van der Waals surface area contributed by atoms with Crippen molar-refractivity contribution in [2.75, 3.05) is 25.1 Å². The summed E-state index contributed by atoms with van der Waals surface area (Å²) in [4.78, 5) is 12.7. The quantitative estimate of drug-likeness (QED) is 0.338. The first-order chi connectivity index (χ1) is 16.6. The Morgan fingerprint density at radius 2 is 1.60 bits per heavy atom. The van der Waals surface area contributed by atoms with Gasteiger partial charge in [0.1, 0.15) is 6.54 Å². The van der Waals surface area contributed by atoms with Crippen LogP contribution in [0, 0.1) is 13.8 Å². The third-order valence-electron chi connectivity index (χ3n) is 5.00. The lowest BCUT2D eigenvalue weighted by atomic mass is 10.1. The molecule has 0 aliphatic carbocycles. The summed E-state index contributed by atoms with van der Waals surface area (Å²) in [6.45, 7) is 3.22. The number of halogens is 1. The Balaban J connectivity index is 1.93. The number of ether oxygens (including phenoxy) is 2. The molecule has 0 radical (unpaired) electrons. The van der Waals surface area contributed by atoms with Crippen LogP contribution in [-0.4, -0.2) is 41.3 Å². The normalized spacial score (nSPS) is 11.3. The molecule has 10 heteroatoms. The fraction of sp³-hybridized carbons (Fsp3) is 0.200. The third kappa shape index (κ3) is 6.52. The Hall–Kier alpha value is -3.56. The number of hydrazone groups is 1. The second kappa shape index (κ2) is 11.2. The number of nitrogens with one attached hydrogen (secondary N) is 1. The molecule has 0 atom stereocenters. The maximum absolute atomic E-state index is 13.7. The third-order valence-corrected chi connectivity index (χ3v) is 7.02. The summed E-state index contributed by atoms with van der Waals surface area (Å²) in [7, 11) is -1.27. The molecule has 0 saturated heterocycles. The van der Waals surface area contributed by atoms with Crippen LogP contribution in [0.2, 0.25) is 5.02 Å². The fourth-order valence-corrected chi connectivity index (χ4v) is 4.95. The second-order valence-corrected chi connectivity index (χ2v) is 10.0. The standard InChI is InChI=1S/C25H26ClN3O5S/c1-17-11-18(2)13-21(12-17)29(16-25(30)28-27-15-19-5-7-20(26)8-6-19)35(31,32)22-9-10-23(33-3)24(14-22)34-4/h5-15H,16H2,1-4H3,(H,28,30)/b27-15-. The average molecular weight is 516 g/mol. The number of aryl methyl sites for hydroxylation is 2. The molecule has 184 valence electrons. The van der Waals surface area contributed by atoms with Gasteiger partial charge in [-0.05, 0) is 66.9 Å². The number of amides is 1. The van der Waals surface area contributed by atoms with Crippen LogP contribution >= 0.6 is 11.6 Å².